The summed E-state index contributed by atoms with van der Waals surface area (Å²) in [6.45, 7) is 11.4. The van der Waals surface area contributed by atoms with Crippen LogP contribution in [0.2, 0.25) is 0 Å². The van der Waals surface area contributed by atoms with E-state index in [9.17, 15) is 0 Å². The highest BCUT2D eigenvalue weighted by Crippen LogP contribution is 2.27. The molecule has 0 bridgehead atoms. The Kier molecular flexibility index (Phi) is 8.20. The Bertz CT molecular complexity index is 71.4. The van der Waals surface area contributed by atoms with Crippen molar-refractivity contribution in [2.24, 2.45) is 11.3 Å². The van der Waals surface area contributed by atoms with Crippen LogP contribution in [-0.2, 0) is 4.74 Å². The van der Waals surface area contributed by atoms with E-state index in [1.807, 2.05) is 0 Å². The minimum Gasteiger partial charge on any atom is -0.388 e. The molecule has 0 aliphatic carbocycles. The third kappa shape index (κ3) is 9.96. The molecule has 1 atom stereocenters. The highest BCUT2D eigenvalue weighted by molar-refractivity contribution is 4.67. The van der Waals surface area contributed by atoms with Crippen LogP contribution in [0.1, 0.15) is 41.0 Å². The van der Waals surface area contributed by atoms with E-state index in [1.165, 1.54) is 6.42 Å². The lowest BCUT2D eigenvalue weighted by Crippen LogP contribution is -2.15. The third-order valence-electron chi connectivity index (χ3n) is 2.09. The highest BCUT2D eigenvalue weighted by Gasteiger charge is 2.16. The normalized spacial score (nSPS) is 13.4. The van der Waals surface area contributed by atoms with Crippen molar-refractivity contribution in [3.63, 3.8) is 0 Å². The predicted molar refractivity (Wildman–Crippen MR) is 51.8 cm³/mol. The van der Waals surface area contributed by atoms with Crippen molar-refractivity contribution < 1.29 is 4.74 Å². The van der Waals surface area contributed by atoms with Gasteiger partial charge in [-0.15, -0.1) is 0 Å². The van der Waals surface area contributed by atoms with E-state index in [-0.39, 0.29) is 0 Å². The SMILES string of the molecule is CCC(C)C(C)(C)C.COC. The smallest absolute Gasteiger partial charge is 0.0351 e. The Morgan fingerprint density at radius 1 is 1.18 bits per heavy atom. The summed E-state index contributed by atoms with van der Waals surface area (Å²) in [6, 6.07) is 0. The van der Waals surface area contributed by atoms with E-state index in [4.69, 9.17) is 0 Å². The first-order valence-electron chi connectivity index (χ1n) is 4.30. The van der Waals surface area contributed by atoms with Crippen LogP contribution in [0, 0.1) is 11.3 Å². The molecule has 0 saturated heterocycles. The fraction of sp³-hybridized carbons (Fsp3) is 1.00. The zero-order chi connectivity index (χ0) is 9.49. The molecule has 0 radical (unpaired) electrons. The minimum atomic E-state index is 0.509. The first-order valence-corrected chi connectivity index (χ1v) is 4.30. The van der Waals surface area contributed by atoms with Gasteiger partial charge < -0.3 is 4.74 Å². The topological polar surface area (TPSA) is 9.23 Å². The van der Waals surface area contributed by atoms with Gasteiger partial charge in [0, 0.05) is 14.2 Å². The maximum atomic E-state index is 4.25. The monoisotopic (exact) mass is 160 g/mol. The molecule has 0 aliphatic heterocycles. The second-order valence-electron chi connectivity index (χ2n) is 4.08. The number of methoxy groups -OCH3 is 1. The van der Waals surface area contributed by atoms with E-state index in [2.05, 4.69) is 39.4 Å². The zero-order valence-corrected chi connectivity index (χ0v) is 9.19. The quantitative estimate of drug-likeness (QED) is 0.571. The van der Waals surface area contributed by atoms with Crippen molar-refractivity contribution in [3.05, 3.63) is 0 Å². The first kappa shape index (κ1) is 13.5. The summed E-state index contributed by atoms with van der Waals surface area (Å²) in [5.74, 6) is 0.850. The van der Waals surface area contributed by atoms with E-state index < -0.39 is 0 Å². The maximum Gasteiger partial charge on any atom is 0.0351 e. The molecule has 0 saturated carbocycles. The molecule has 0 heterocycles. The second-order valence-corrected chi connectivity index (χ2v) is 4.08. The number of rotatable bonds is 1. The molecule has 70 valence electrons. The Balaban J connectivity index is 0. The van der Waals surface area contributed by atoms with Crippen LogP contribution in [0.4, 0.5) is 0 Å². The first-order chi connectivity index (χ1) is 4.90. The Labute approximate surface area is 72.1 Å². The summed E-state index contributed by atoms with van der Waals surface area (Å²) in [5.41, 5.74) is 0.509. The summed E-state index contributed by atoms with van der Waals surface area (Å²) in [7, 11) is 3.25. The molecule has 11 heavy (non-hydrogen) atoms. The molecule has 0 aromatic heterocycles. The van der Waals surface area contributed by atoms with Gasteiger partial charge in [0.25, 0.3) is 0 Å². The van der Waals surface area contributed by atoms with Crippen molar-refractivity contribution in [2.75, 3.05) is 14.2 Å². The summed E-state index contributed by atoms with van der Waals surface area (Å²) in [5, 5.41) is 0. The van der Waals surface area contributed by atoms with Crippen molar-refractivity contribution in [1.29, 1.82) is 0 Å². The summed E-state index contributed by atoms with van der Waals surface area (Å²) in [4.78, 5) is 0. The predicted octanol–water partition coefficient (Wildman–Crippen LogP) is 3.34. The Hall–Kier alpha value is -0.0400. The van der Waals surface area contributed by atoms with E-state index in [0.29, 0.717) is 5.41 Å². The molecule has 0 spiro atoms. The lowest BCUT2D eigenvalue weighted by molar-refractivity contribution is 0.254. The van der Waals surface area contributed by atoms with Crippen LogP contribution in [0.5, 0.6) is 0 Å². The average molecular weight is 160 g/mol. The molecule has 1 nitrogen and oxygen atoms in total. The van der Waals surface area contributed by atoms with Gasteiger partial charge in [0.15, 0.2) is 0 Å². The second kappa shape index (κ2) is 6.66. The van der Waals surface area contributed by atoms with Crippen LogP contribution in [0.3, 0.4) is 0 Å². The van der Waals surface area contributed by atoms with Gasteiger partial charge in [0.05, 0.1) is 0 Å². The van der Waals surface area contributed by atoms with Gasteiger partial charge in [-0.25, -0.2) is 0 Å². The van der Waals surface area contributed by atoms with Gasteiger partial charge in [-0.3, -0.25) is 0 Å². The lowest BCUT2D eigenvalue weighted by Gasteiger charge is -2.25. The Morgan fingerprint density at radius 2 is 1.45 bits per heavy atom. The molecule has 0 fully saturated rings. The molecule has 0 N–H and O–H groups in total. The van der Waals surface area contributed by atoms with Crippen LogP contribution >= 0.6 is 0 Å². The highest BCUT2D eigenvalue weighted by atomic mass is 16.4. The zero-order valence-electron chi connectivity index (χ0n) is 9.19. The maximum absolute atomic E-state index is 4.25. The molecule has 1 unspecified atom stereocenters. The van der Waals surface area contributed by atoms with Crippen molar-refractivity contribution >= 4 is 0 Å². The average Bonchev–Trinajstić information content (AvgIpc) is 1.86. The van der Waals surface area contributed by atoms with Crippen LogP contribution < -0.4 is 0 Å². The number of ether oxygens (including phenoxy) is 1. The largest absolute Gasteiger partial charge is 0.388 e. The molecule has 0 aromatic carbocycles. The van der Waals surface area contributed by atoms with Gasteiger partial charge in [0.2, 0.25) is 0 Å². The standard InChI is InChI=1S/C8H18.C2H6O/c1-6-7(2)8(3,4)5;1-3-2/h7H,6H2,1-5H3;1-2H3. The molecular weight excluding hydrogens is 136 g/mol. The number of hydrogen-bond donors (Lipinski definition) is 0. The molecule has 0 amide bonds. The van der Waals surface area contributed by atoms with Crippen molar-refractivity contribution in [3.8, 4) is 0 Å². The van der Waals surface area contributed by atoms with Crippen molar-refractivity contribution in [1.82, 2.24) is 0 Å². The van der Waals surface area contributed by atoms with Gasteiger partial charge in [-0.05, 0) is 11.3 Å². The molecule has 0 aromatic rings. The minimum absolute atomic E-state index is 0.509. The fourth-order valence-corrected chi connectivity index (χ4v) is 0.612. The molecule has 0 rings (SSSR count). The molecule has 0 aliphatic rings. The third-order valence-corrected chi connectivity index (χ3v) is 2.09. The Morgan fingerprint density at radius 3 is 1.45 bits per heavy atom. The van der Waals surface area contributed by atoms with E-state index in [0.717, 1.165) is 5.92 Å². The van der Waals surface area contributed by atoms with Crippen molar-refractivity contribution in [2.45, 2.75) is 41.0 Å². The van der Waals surface area contributed by atoms with E-state index >= 15 is 0 Å². The van der Waals surface area contributed by atoms with Gasteiger partial charge in [-0.2, -0.15) is 0 Å². The molecule has 1 heteroatoms. The van der Waals surface area contributed by atoms with Crippen LogP contribution in [0.15, 0.2) is 0 Å². The van der Waals surface area contributed by atoms with Gasteiger partial charge in [0.1, 0.15) is 0 Å². The fourth-order valence-electron chi connectivity index (χ4n) is 0.612. The summed E-state index contributed by atoms with van der Waals surface area (Å²) in [6.07, 6.45) is 1.30. The van der Waals surface area contributed by atoms with Gasteiger partial charge in [-0.1, -0.05) is 41.0 Å². The van der Waals surface area contributed by atoms with Gasteiger partial charge >= 0.3 is 0 Å². The lowest BCUT2D eigenvalue weighted by atomic mass is 9.81. The van der Waals surface area contributed by atoms with Crippen LogP contribution in [-0.4, -0.2) is 14.2 Å². The number of hydrogen-bond acceptors (Lipinski definition) is 1. The summed E-state index contributed by atoms with van der Waals surface area (Å²) >= 11 is 0. The molecular formula is C10H24O. The van der Waals surface area contributed by atoms with E-state index in [1.54, 1.807) is 14.2 Å². The summed E-state index contributed by atoms with van der Waals surface area (Å²) < 4.78 is 4.25. The van der Waals surface area contributed by atoms with Crippen LogP contribution in [0.25, 0.3) is 0 Å².